The van der Waals surface area contributed by atoms with Crippen LogP contribution in [0.5, 0.6) is 11.5 Å². The topological polar surface area (TPSA) is 18.5 Å². The van der Waals surface area contributed by atoms with E-state index in [1.54, 1.807) is 13.2 Å². The van der Waals surface area contributed by atoms with Crippen LogP contribution in [0.3, 0.4) is 0 Å². The predicted molar refractivity (Wildman–Crippen MR) is 76.5 cm³/mol. The van der Waals surface area contributed by atoms with Crippen LogP contribution < -0.4 is 9.47 Å². The molecule has 0 bridgehead atoms. The summed E-state index contributed by atoms with van der Waals surface area (Å²) in [6.07, 6.45) is 0. The summed E-state index contributed by atoms with van der Waals surface area (Å²) < 4.78 is 11.8. The molecular formula is C14H12BrClO2. The molecule has 2 rings (SSSR count). The van der Waals surface area contributed by atoms with Crippen molar-refractivity contribution in [2.75, 3.05) is 7.11 Å². The van der Waals surface area contributed by atoms with Gasteiger partial charge in [0.15, 0.2) is 11.5 Å². The van der Waals surface area contributed by atoms with Crippen LogP contribution in [0.15, 0.2) is 46.9 Å². The Morgan fingerprint density at radius 2 is 1.89 bits per heavy atom. The second-order valence-electron chi connectivity index (χ2n) is 3.69. The Morgan fingerprint density at radius 3 is 2.56 bits per heavy atom. The van der Waals surface area contributed by atoms with E-state index in [-0.39, 0.29) is 0 Å². The van der Waals surface area contributed by atoms with Crippen LogP contribution in [0.1, 0.15) is 5.56 Å². The summed E-state index contributed by atoms with van der Waals surface area (Å²) in [5.74, 6) is 1.18. The molecule has 0 heterocycles. The summed E-state index contributed by atoms with van der Waals surface area (Å²) in [5.41, 5.74) is 1.08. The quantitative estimate of drug-likeness (QED) is 0.811. The van der Waals surface area contributed by atoms with Gasteiger partial charge in [-0.25, -0.2) is 0 Å². The Kier molecular flexibility index (Phi) is 4.50. The van der Waals surface area contributed by atoms with Gasteiger partial charge in [0, 0.05) is 4.47 Å². The SMILES string of the molecule is COc1cc(Br)cc(Cl)c1OCc1ccccc1. The van der Waals surface area contributed by atoms with Gasteiger partial charge in [-0.05, 0) is 17.7 Å². The average molecular weight is 328 g/mol. The van der Waals surface area contributed by atoms with Gasteiger partial charge >= 0.3 is 0 Å². The third kappa shape index (κ3) is 3.18. The van der Waals surface area contributed by atoms with Crippen molar-refractivity contribution in [3.05, 3.63) is 57.5 Å². The zero-order chi connectivity index (χ0) is 13.0. The van der Waals surface area contributed by atoms with Crippen molar-refractivity contribution in [2.24, 2.45) is 0 Å². The lowest BCUT2D eigenvalue weighted by Crippen LogP contribution is -1.98. The van der Waals surface area contributed by atoms with E-state index in [0.717, 1.165) is 10.0 Å². The molecule has 2 aromatic carbocycles. The molecule has 0 N–H and O–H groups in total. The van der Waals surface area contributed by atoms with E-state index in [1.807, 2.05) is 36.4 Å². The fourth-order valence-electron chi connectivity index (χ4n) is 1.56. The maximum Gasteiger partial charge on any atom is 0.180 e. The Labute approximate surface area is 120 Å². The molecule has 4 heteroatoms. The normalized spacial score (nSPS) is 10.2. The molecule has 2 nitrogen and oxygen atoms in total. The molecule has 18 heavy (non-hydrogen) atoms. The first-order valence-corrected chi connectivity index (χ1v) is 6.57. The number of methoxy groups -OCH3 is 1. The largest absolute Gasteiger partial charge is 0.493 e. The second-order valence-corrected chi connectivity index (χ2v) is 5.02. The van der Waals surface area contributed by atoms with Crippen LogP contribution in [0.25, 0.3) is 0 Å². The van der Waals surface area contributed by atoms with Crippen molar-refractivity contribution in [1.29, 1.82) is 0 Å². The van der Waals surface area contributed by atoms with Crippen LogP contribution in [-0.4, -0.2) is 7.11 Å². The highest BCUT2D eigenvalue weighted by Gasteiger charge is 2.11. The molecule has 0 aliphatic carbocycles. The van der Waals surface area contributed by atoms with Gasteiger partial charge < -0.3 is 9.47 Å². The molecule has 2 aromatic rings. The van der Waals surface area contributed by atoms with E-state index in [9.17, 15) is 0 Å². The van der Waals surface area contributed by atoms with Crippen LogP contribution in [0.2, 0.25) is 5.02 Å². The van der Waals surface area contributed by atoms with E-state index in [2.05, 4.69) is 15.9 Å². The summed E-state index contributed by atoms with van der Waals surface area (Å²) in [6, 6.07) is 13.5. The molecule has 0 saturated heterocycles. The average Bonchev–Trinajstić information content (AvgIpc) is 2.38. The van der Waals surface area contributed by atoms with E-state index in [1.165, 1.54) is 0 Å². The van der Waals surface area contributed by atoms with Crippen molar-refractivity contribution in [3.63, 3.8) is 0 Å². The maximum absolute atomic E-state index is 6.14. The lowest BCUT2D eigenvalue weighted by molar-refractivity contribution is 0.284. The van der Waals surface area contributed by atoms with E-state index < -0.39 is 0 Å². The van der Waals surface area contributed by atoms with Gasteiger partial charge in [0.25, 0.3) is 0 Å². The molecule has 0 aliphatic rings. The van der Waals surface area contributed by atoms with E-state index in [0.29, 0.717) is 23.1 Å². The summed E-state index contributed by atoms with van der Waals surface area (Å²) in [4.78, 5) is 0. The highest BCUT2D eigenvalue weighted by Crippen LogP contribution is 2.38. The minimum atomic E-state index is 0.457. The van der Waals surface area contributed by atoms with Gasteiger partial charge in [0.05, 0.1) is 12.1 Å². The first-order chi connectivity index (χ1) is 8.70. The van der Waals surface area contributed by atoms with Gasteiger partial charge in [-0.2, -0.15) is 0 Å². The van der Waals surface area contributed by atoms with Crippen LogP contribution in [0.4, 0.5) is 0 Å². The third-order valence-electron chi connectivity index (χ3n) is 2.42. The van der Waals surface area contributed by atoms with Crippen molar-refractivity contribution in [1.82, 2.24) is 0 Å². The first-order valence-electron chi connectivity index (χ1n) is 5.40. The highest BCUT2D eigenvalue weighted by atomic mass is 79.9. The third-order valence-corrected chi connectivity index (χ3v) is 3.16. The zero-order valence-electron chi connectivity index (χ0n) is 9.82. The lowest BCUT2D eigenvalue weighted by atomic mass is 10.2. The number of ether oxygens (including phenoxy) is 2. The van der Waals surface area contributed by atoms with Crippen LogP contribution in [-0.2, 0) is 6.61 Å². The molecule has 0 aromatic heterocycles. The molecule has 0 atom stereocenters. The lowest BCUT2D eigenvalue weighted by Gasteiger charge is -2.12. The fraction of sp³-hybridized carbons (Fsp3) is 0.143. The molecule has 94 valence electrons. The summed E-state index contributed by atoms with van der Waals surface area (Å²) >= 11 is 9.51. The second kappa shape index (κ2) is 6.12. The Morgan fingerprint density at radius 1 is 1.17 bits per heavy atom. The fourth-order valence-corrected chi connectivity index (χ4v) is 2.39. The summed E-state index contributed by atoms with van der Waals surface area (Å²) in [6.45, 7) is 0.457. The van der Waals surface area contributed by atoms with Crippen molar-refractivity contribution >= 4 is 27.5 Å². The molecule has 0 aliphatic heterocycles. The summed E-state index contributed by atoms with van der Waals surface area (Å²) in [7, 11) is 1.59. The maximum atomic E-state index is 6.14. The van der Waals surface area contributed by atoms with Gasteiger partial charge in [-0.3, -0.25) is 0 Å². The minimum Gasteiger partial charge on any atom is -0.493 e. The van der Waals surface area contributed by atoms with E-state index in [4.69, 9.17) is 21.1 Å². The molecule has 0 amide bonds. The molecule has 0 unspecified atom stereocenters. The molecular weight excluding hydrogens is 316 g/mol. The Bertz CT molecular complexity index is 529. The predicted octanol–water partition coefficient (Wildman–Crippen LogP) is 4.69. The molecule has 0 saturated carbocycles. The zero-order valence-corrected chi connectivity index (χ0v) is 12.2. The molecule has 0 fully saturated rings. The number of halogens is 2. The number of hydrogen-bond acceptors (Lipinski definition) is 2. The smallest absolute Gasteiger partial charge is 0.180 e. The van der Waals surface area contributed by atoms with E-state index >= 15 is 0 Å². The Hall–Kier alpha value is -1.19. The monoisotopic (exact) mass is 326 g/mol. The minimum absolute atomic E-state index is 0.457. The van der Waals surface area contributed by atoms with Crippen LogP contribution in [0, 0.1) is 0 Å². The standard InChI is InChI=1S/C14H12BrClO2/c1-17-13-8-11(15)7-12(16)14(13)18-9-10-5-3-2-4-6-10/h2-8H,9H2,1H3. The van der Waals surface area contributed by atoms with Gasteiger partial charge in [-0.1, -0.05) is 57.9 Å². The van der Waals surface area contributed by atoms with Crippen LogP contribution >= 0.6 is 27.5 Å². The van der Waals surface area contributed by atoms with Gasteiger partial charge in [0.2, 0.25) is 0 Å². The van der Waals surface area contributed by atoms with Crippen molar-refractivity contribution < 1.29 is 9.47 Å². The molecule has 0 spiro atoms. The summed E-state index contributed by atoms with van der Waals surface area (Å²) in [5, 5.41) is 0.525. The van der Waals surface area contributed by atoms with Gasteiger partial charge in [-0.15, -0.1) is 0 Å². The first kappa shape index (κ1) is 13.2. The number of benzene rings is 2. The Balaban J connectivity index is 2.19. The number of hydrogen-bond donors (Lipinski definition) is 0. The molecule has 0 radical (unpaired) electrons. The van der Waals surface area contributed by atoms with Crippen molar-refractivity contribution in [2.45, 2.75) is 6.61 Å². The highest BCUT2D eigenvalue weighted by molar-refractivity contribution is 9.10. The van der Waals surface area contributed by atoms with Crippen molar-refractivity contribution in [3.8, 4) is 11.5 Å². The van der Waals surface area contributed by atoms with Gasteiger partial charge in [0.1, 0.15) is 6.61 Å². The number of rotatable bonds is 4.